The van der Waals surface area contributed by atoms with Gasteiger partial charge in [-0.2, -0.15) is 4.98 Å². The second-order valence-corrected chi connectivity index (χ2v) is 6.86. The van der Waals surface area contributed by atoms with Crippen molar-refractivity contribution in [1.82, 2.24) is 25.0 Å². The van der Waals surface area contributed by atoms with Gasteiger partial charge in [-0.15, -0.1) is 0 Å². The smallest absolute Gasteiger partial charge is 0.226 e. The minimum atomic E-state index is 0.0447. The molecule has 0 spiro atoms. The van der Waals surface area contributed by atoms with Crippen molar-refractivity contribution in [2.75, 3.05) is 6.54 Å². The molecule has 0 unspecified atom stereocenters. The zero-order valence-corrected chi connectivity index (χ0v) is 16.1. The van der Waals surface area contributed by atoms with E-state index < -0.39 is 0 Å². The first kappa shape index (κ1) is 18.9. The number of carbonyl (C=O) groups is 1. The molecule has 0 aliphatic heterocycles. The molecule has 2 aromatic heterocycles. The van der Waals surface area contributed by atoms with Crippen LogP contribution in [0.4, 0.5) is 0 Å². The quantitative estimate of drug-likeness (QED) is 0.442. The Hall–Kier alpha value is -3.48. The van der Waals surface area contributed by atoms with Crippen LogP contribution in [0.2, 0.25) is 0 Å². The molecule has 4 aromatic rings. The Morgan fingerprint density at radius 2 is 1.86 bits per heavy atom. The topological polar surface area (TPSA) is 85.8 Å². The zero-order valence-electron chi connectivity index (χ0n) is 16.1. The molecule has 29 heavy (non-hydrogen) atoms. The van der Waals surface area contributed by atoms with Crippen LogP contribution in [0, 0.1) is 0 Å². The minimum absolute atomic E-state index is 0.0447. The Kier molecular flexibility index (Phi) is 5.95. The number of hydrogen-bond donors (Lipinski definition) is 1. The molecule has 148 valence electrons. The fourth-order valence-electron chi connectivity index (χ4n) is 3.22. The van der Waals surface area contributed by atoms with E-state index in [4.69, 9.17) is 4.52 Å². The van der Waals surface area contributed by atoms with Crippen LogP contribution in [-0.2, 0) is 17.8 Å². The first-order chi connectivity index (χ1) is 14.3. The van der Waals surface area contributed by atoms with Crippen LogP contribution in [-0.4, -0.2) is 32.1 Å². The highest BCUT2D eigenvalue weighted by Crippen LogP contribution is 2.15. The number of rotatable bonds is 9. The van der Waals surface area contributed by atoms with Gasteiger partial charge in [0.05, 0.1) is 17.4 Å². The molecule has 0 fully saturated rings. The fourth-order valence-corrected chi connectivity index (χ4v) is 3.22. The summed E-state index contributed by atoms with van der Waals surface area (Å²) in [5, 5.41) is 6.97. The summed E-state index contributed by atoms with van der Waals surface area (Å²) in [5.41, 5.74) is 3.03. The van der Waals surface area contributed by atoms with Crippen LogP contribution in [0.1, 0.15) is 25.2 Å². The van der Waals surface area contributed by atoms with E-state index in [1.807, 2.05) is 54.9 Å². The third kappa shape index (κ3) is 4.87. The number of nitrogens with one attached hydrogen (secondary N) is 1. The summed E-state index contributed by atoms with van der Waals surface area (Å²) < 4.78 is 7.39. The van der Waals surface area contributed by atoms with Gasteiger partial charge < -0.3 is 14.4 Å². The van der Waals surface area contributed by atoms with Crippen LogP contribution in [0.15, 0.2) is 65.4 Å². The number of fused-ring (bicyclic) bond motifs is 1. The molecule has 0 radical (unpaired) electrons. The minimum Gasteiger partial charge on any atom is -0.356 e. The molecule has 0 aliphatic rings. The average molecular weight is 389 g/mol. The van der Waals surface area contributed by atoms with E-state index in [-0.39, 0.29) is 5.91 Å². The highest BCUT2D eigenvalue weighted by Gasteiger charge is 2.09. The largest absolute Gasteiger partial charge is 0.356 e. The first-order valence-corrected chi connectivity index (χ1v) is 9.84. The summed E-state index contributed by atoms with van der Waals surface area (Å²) in [7, 11) is 0. The zero-order chi connectivity index (χ0) is 19.9. The standard InChI is InChI=1S/C22H23N5O2/c28-20(23-14-7-15-27-16-24-18-10-4-5-11-19(18)27)12-6-13-21-25-22(26-29-21)17-8-2-1-3-9-17/h1-5,8-11,16H,6-7,12-15H2,(H,23,28). The Morgan fingerprint density at radius 3 is 2.76 bits per heavy atom. The van der Waals surface area contributed by atoms with Crippen LogP contribution in [0.5, 0.6) is 0 Å². The molecule has 2 aromatic carbocycles. The molecular formula is C22H23N5O2. The molecule has 7 heteroatoms. The Labute approximate surface area is 168 Å². The summed E-state index contributed by atoms with van der Waals surface area (Å²) >= 11 is 0. The van der Waals surface area contributed by atoms with E-state index in [9.17, 15) is 4.79 Å². The lowest BCUT2D eigenvalue weighted by Gasteiger charge is -2.06. The maximum atomic E-state index is 12.0. The molecular weight excluding hydrogens is 366 g/mol. The summed E-state index contributed by atoms with van der Waals surface area (Å²) in [6, 6.07) is 17.7. The van der Waals surface area contributed by atoms with E-state index in [0.717, 1.165) is 29.6 Å². The number of nitrogens with zero attached hydrogens (tertiary/aromatic N) is 4. The maximum Gasteiger partial charge on any atom is 0.226 e. The van der Waals surface area contributed by atoms with Crippen molar-refractivity contribution in [2.45, 2.75) is 32.2 Å². The number of benzene rings is 2. The van der Waals surface area contributed by atoms with E-state index in [0.29, 0.717) is 37.5 Å². The summed E-state index contributed by atoms with van der Waals surface area (Å²) in [5.74, 6) is 1.18. The number of aromatic nitrogens is 4. The predicted octanol–water partition coefficient (Wildman–Crippen LogP) is 3.62. The van der Waals surface area contributed by atoms with E-state index in [1.54, 1.807) is 0 Å². The lowest BCUT2D eigenvalue weighted by atomic mass is 10.2. The third-order valence-corrected chi connectivity index (χ3v) is 4.72. The molecule has 0 aliphatic carbocycles. The molecule has 2 heterocycles. The van der Waals surface area contributed by atoms with Gasteiger partial charge in [-0.3, -0.25) is 4.79 Å². The maximum absolute atomic E-state index is 12.0. The molecule has 1 amide bonds. The highest BCUT2D eigenvalue weighted by atomic mass is 16.5. The van der Waals surface area contributed by atoms with E-state index in [2.05, 4.69) is 31.1 Å². The number of imidazole rings is 1. The van der Waals surface area contributed by atoms with Crippen LogP contribution in [0.3, 0.4) is 0 Å². The molecule has 1 N–H and O–H groups in total. The Bertz CT molecular complexity index is 1070. The third-order valence-electron chi connectivity index (χ3n) is 4.72. The van der Waals surface area contributed by atoms with Crippen LogP contribution >= 0.6 is 0 Å². The number of hydrogen-bond acceptors (Lipinski definition) is 5. The monoisotopic (exact) mass is 389 g/mol. The van der Waals surface area contributed by atoms with Crippen LogP contribution < -0.4 is 5.32 Å². The predicted molar refractivity (Wildman–Crippen MR) is 110 cm³/mol. The normalized spacial score (nSPS) is 11.0. The number of aryl methyl sites for hydroxylation is 2. The van der Waals surface area contributed by atoms with Gasteiger partial charge >= 0.3 is 0 Å². The van der Waals surface area contributed by atoms with Gasteiger partial charge in [0.2, 0.25) is 17.6 Å². The van der Waals surface area contributed by atoms with Gasteiger partial charge in [-0.25, -0.2) is 4.98 Å². The molecule has 0 bridgehead atoms. The molecule has 7 nitrogen and oxygen atoms in total. The lowest BCUT2D eigenvalue weighted by Crippen LogP contribution is -2.25. The van der Waals surface area contributed by atoms with Crippen molar-refractivity contribution in [2.24, 2.45) is 0 Å². The first-order valence-electron chi connectivity index (χ1n) is 9.84. The van der Waals surface area contributed by atoms with Gasteiger partial charge in [-0.1, -0.05) is 47.6 Å². The van der Waals surface area contributed by atoms with Crippen molar-refractivity contribution in [3.05, 3.63) is 66.8 Å². The highest BCUT2D eigenvalue weighted by molar-refractivity contribution is 5.76. The molecule has 0 atom stereocenters. The Morgan fingerprint density at radius 1 is 1.03 bits per heavy atom. The van der Waals surface area contributed by atoms with Gasteiger partial charge in [0.25, 0.3) is 0 Å². The van der Waals surface area contributed by atoms with Crippen molar-refractivity contribution in [3.63, 3.8) is 0 Å². The number of para-hydroxylation sites is 2. The van der Waals surface area contributed by atoms with E-state index in [1.165, 1.54) is 0 Å². The van der Waals surface area contributed by atoms with Gasteiger partial charge in [0, 0.05) is 31.5 Å². The average Bonchev–Trinajstić information content (AvgIpc) is 3.39. The van der Waals surface area contributed by atoms with Crippen LogP contribution in [0.25, 0.3) is 22.4 Å². The summed E-state index contributed by atoms with van der Waals surface area (Å²) in [4.78, 5) is 20.8. The number of carbonyl (C=O) groups excluding carboxylic acids is 1. The van der Waals surface area contributed by atoms with Crippen molar-refractivity contribution in [1.29, 1.82) is 0 Å². The van der Waals surface area contributed by atoms with Crippen molar-refractivity contribution in [3.8, 4) is 11.4 Å². The number of amides is 1. The lowest BCUT2D eigenvalue weighted by molar-refractivity contribution is -0.121. The second kappa shape index (κ2) is 9.14. The summed E-state index contributed by atoms with van der Waals surface area (Å²) in [6.45, 7) is 1.47. The second-order valence-electron chi connectivity index (χ2n) is 6.86. The Balaban J connectivity index is 1.15. The van der Waals surface area contributed by atoms with Crippen molar-refractivity contribution >= 4 is 16.9 Å². The van der Waals surface area contributed by atoms with E-state index >= 15 is 0 Å². The fraction of sp³-hybridized carbons (Fsp3) is 0.273. The molecule has 0 saturated carbocycles. The van der Waals surface area contributed by atoms with Crippen molar-refractivity contribution < 1.29 is 9.32 Å². The molecule has 0 saturated heterocycles. The van der Waals surface area contributed by atoms with Gasteiger partial charge in [0.1, 0.15) is 0 Å². The summed E-state index contributed by atoms with van der Waals surface area (Å²) in [6.07, 6.45) is 4.41. The van der Waals surface area contributed by atoms with Gasteiger partial charge in [-0.05, 0) is 25.0 Å². The SMILES string of the molecule is O=C(CCCc1nc(-c2ccccc2)no1)NCCCn1cnc2ccccc21. The molecule has 4 rings (SSSR count). The van der Waals surface area contributed by atoms with Gasteiger partial charge in [0.15, 0.2) is 0 Å².